The third kappa shape index (κ3) is 1.78. The van der Waals surface area contributed by atoms with Gasteiger partial charge in [-0.3, -0.25) is 4.79 Å². The Bertz CT molecular complexity index is 599. The summed E-state index contributed by atoms with van der Waals surface area (Å²) in [5.41, 5.74) is 5.40. The molecule has 2 unspecified atom stereocenters. The Hall–Kier alpha value is -1.41. The molecule has 2 heteroatoms. The zero-order valence-electron chi connectivity index (χ0n) is 13.0. The molecule has 3 aliphatic rings. The number of nitrogens with zero attached hydrogens (tertiary/aromatic N) is 1. The number of fused-ring (bicyclic) bond motifs is 2. The van der Waals surface area contributed by atoms with Crippen LogP contribution in [0.2, 0.25) is 0 Å². The van der Waals surface area contributed by atoms with E-state index in [-0.39, 0.29) is 5.41 Å². The summed E-state index contributed by atoms with van der Waals surface area (Å²) in [5, 5.41) is 0. The van der Waals surface area contributed by atoms with Crippen molar-refractivity contribution in [2.75, 3.05) is 20.6 Å². The highest BCUT2D eigenvalue weighted by Crippen LogP contribution is 2.67. The fraction of sp³-hybridized carbons (Fsp3) is 0.500. The summed E-state index contributed by atoms with van der Waals surface area (Å²) in [4.78, 5) is 14.6. The van der Waals surface area contributed by atoms with Crippen molar-refractivity contribution in [1.82, 2.24) is 4.90 Å². The summed E-state index contributed by atoms with van der Waals surface area (Å²) in [5.74, 6) is 0.953. The molecule has 0 aromatic heterocycles. The molecule has 20 heavy (non-hydrogen) atoms. The third-order valence-electron chi connectivity index (χ3n) is 4.90. The molecule has 0 radical (unpaired) electrons. The van der Waals surface area contributed by atoms with E-state index in [1.807, 2.05) is 19.0 Å². The van der Waals surface area contributed by atoms with Gasteiger partial charge < -0.3 is 4.90 Å². The molecule has 0 aliphatic heterocycles. The molecule has 0 aromatic carbocycles. The molecule has 0 saturated heterocycles. The number of carbonyl (C=O) groups excluding carboxylic acids is 1. The molecule has 106 valence electrons. The minimum Gasteiger partial charge on any atom is -0.302 e. The number of carbonyl (C=O) groups is 1. The lowest BCUT2D eigenvalue weighted by atomic mass is 9.79. The normalized spacial score (nSPS) is 29.7. The van der Waals surface area contributed by atoms with E-state index in [1.54, 1.807) is 0 Å². The Morgan fingerprint density at radius 3 is 2.65 bits per heavy atom. The highest BCUT2D eigenvalue weighted by molar-refractivity contribution is 6.01. The van der Waals surface area contributed by atoms with E-state index in [0.29, 0.717) is 24.2 Å². The van der Waals surface area contributed by atoms with Crippen molar-refractivity contribution in [1.29, 1.82) is 0 Å². The minimum absolute atomic E-state index is 0.151. The lowest BCUT2D eigenvalue weighted by molar-refractivity contribution is -0.116. The zero-order valence-corrected chi connectivity index (χ0v) is 13.0. The maximum absolute atomic E-state index is 12.7. The first-order valence-electron chi connectivity index (χ1n) is 7.33. The van der Waals surface area contributed by atoms with Gasteiger partial charge in [0.1, 0.15) is 0 Å². The fourth-order valence-electron chi connectivity index (χ4n) is 3.92. The van der Waals surface area contributed by atoms with Crippen LogP contribution in [0.4, 0.5) is 0 Å². The van der Waals surface area contributed by atoms with Gasteiger partial charge in [-0.2, -0.15) is 0 Å². The number of hydrogen-bond acceptors (Lipinski definition) is 2. The van der Waals surface area contributed by atoms with Crippen LogP contribution in [-0.4, -0.2) is 31.3 Å². The van der Waals surface area contributed by atoms with Crippen molar-refractivity contribution in [2.24, 2.45) is 17.3 Å². The SMILES string of the molecule is CC1=C(C(=O)CN(C)C)C2C(=C3C=CC=CC13)C2(C)C. The summed E-state index contributed by atoms with van der Waals surface area (Å²) in [6, 6.07) is 0. The molecule has 1 saturated carbocycles. The molecule has 0 bridgehead atoms. The van der Waals surface area contributed by atoms with Crippen molar-refractivity contribution in [2.45, 2.75) is 20.8 Å². The maximum Gasteiger partial charge on any atom is 0.173 e. The second-order valence-electron chi connectivity index (χ2n) is 7.00. The average Bonchev–Trinajstić information content (AvgIpc) is 2.92. The average molecular weight is 269 g/mol. The molecule has 0 spiro atoms. The van der Waals surface area contributed by atoms with Crippen LogP contribution in [-0.2, 0) is 4.79 Å². The molecule has 2 nitrogen and oxygen atoms in total. The molecule has 1 fully saturated rings. The summed E-state index contributed by atoms with van der Waals surface area (Å²) in [6.07, 6.45) is 8.68. The van der Waals surface area contributed by atoms with Gasteiger partial charge in [-0.1, -0.05) is 49.3 Å². The highest BCUT2D eigenvalue weighted by atomic mass is 16.1. The van der Waals surface area contributed by atoms with Gasteiger partial charge in [0, 0.05) is 17.4 Å². The van der Waals surface area contributed by atoms with Crippen molar-refractivity contribution in [3.63, 3.8) is 0 Å². The molecule has 0 heterocycles. The Balaban J connectivity index is 2.06. The highest BCUT2D eigenvalue weighted by Gasteiger charge is 2.59. The number of allylic oxidation sites excluding steroid dienone is 7. The van der Waals surface area contributed by atoms with Crippen LogP contribution in [0.3, 0.4) is 0 Å². The summed E-state index contributed by atoms with van der Waals surface area (Å²) < 4.78 is 0. The van der Waals surface area contributed by atoms with E-state index < -0.39 is 0 Å². The van der Waals surface area contributed by atoms with Gasteiger partial charge in [-0.15, -0.1) is 0 Å². The van der Waals surface area contributed by atoms with Crippen LogP contribution >= 0.6 is 0 Å². The van der Waals surface area contributed by atoms with E-state index >= 15 is 0 Å². The maximum atomic E-state index is 12.7. The van der Waals surface area contributed by atoms with E-state index in [4.69, 9.17) is 0 Å². The molecule has 2 atom stereocenters. The number of ketones is 1. The Kier molecular flexibility index (Phi) is 2.91. The predicted molar refractivity (Wildman–Crippen MR) is 82.3 cm³/mol. The van der Waals surface area contributed by atoms with Crippen LogP contribution in [0.15, 0.2) is 46.6 Å². The smallest absolute Gasteiger partial charge is 0.173 e. The van der Waals surface area contributed by atoms with Gasteiger partial charge in [0.2, 0.25) is 0 Å². The zero-order chi connectivity index (χ0) is 14.7. The van der Waals surface area contributed by atoms with Gasteiger partial charge in [-0.25, -0.2) is 0 Å². The lowest BCUT2D eigenvalue weighted by Gasteiger charge is -2.25. The molecular weight excluding hydrogens is 246 g/mol. The van der Waals surface area contributed by atoms with Gasteiger partial charge >= 0.3 is 0 Å². The summed E-state index contributed by atoms with van der Waals surface area (Å²) in [7, 11) is 3.92. The van der Waals surface area contributed by atoms with Crippen LogP contribution in [0, 0.1) is 17.3 Å². The van der Waals surface area contributed by atoms with E-state index in [1.165, 1.54) is 16.7 Å². The third-order valence-corrected chi connectivity index (χ3v) is 4.90. The second-order valence-corrected chi connectivity index (χ2v) is 7.00. The van der Waals surface area contributed by atoms with Crippen LogP contribution in [0.5, 0.6) is 0 Å². The summed E-state index contributed by atoms with van der Waals surface area (Å²) >= 11 is 0. The van der Waals surface area contributed by atoms with Crippen LogP contribution in [0.25, 0.3) is 0 Å². The topological polar surface area (TPSA) is 20.3 Å². The van der Waals surface area contributed by atoms with Gasteiger partial charge in [-0.05, 0) is 32.0 Å². The van der Waals surface area contributed by atoms with Crippen molar-refractivity contribution >= 4 is 5.78 Å². The molecule has 3 rings (SSSR count). The largest absolute Gasteiger partial charge is 0.302 e. The predicted octanol–water partition coefficient (Wildman–Crippen LogP) is 3.14. The molecule has 3 aliphatic carbocycles. The molecule has 0 amide bonds. The fourth-order valence-corrected chi connectivity index (χ4v) is 3.92. The summed E-state index contributed by atoms with van der Waals surface area (Å²) in [6.45, 7) is 7.19. The van der Waals surface area contributed by atoms with E-state index in [0.717, 1.165) is 5.57 Å². The van der Waals surface area contributed by atoms with Crippen LogP contribution in [0.1, 0.15) is 20.8 Å². The van der Waals surface area contributed by atoms with Crippen molar-refractivity contribution in [3.05, 3.63) is 46.6 Å². The van der Waals surface area contributed by atoms with Crippen molar-refractivity contribution in [3.8, 4) is 0 Å². The first kappa shape index (κ1) is 13.6. The number of rotatable bonds is 3. The minimum atomic E-state index is 0.151. The number of Topliss-reactive ketones (excluding diaryl/α,β-unsaturated/α-hetero) is 1. The Labute approximate surface area is 121 Å². The first-order valence-corrected chi connectivity index (χ1v) is 7.33. The van der Waals surface area contributed by atoms with E-state index in [9.17, 15) is 4.79 Å². The van der Waals surface area contributed by atoms with Crippen LogP contribution < -0.4 is 0 Å². The monoisotopic (exact) mass is 269 g/mol. The second kappa shape index (κ2) is 4.29. The standard InChI is InChI=1S/C18H23NO/c1-11-12-8-6-7-9-13(12)16-17(18(16,2)3)15(11)14(20)10-19(4)5/h6-9,12,17H,10H2,1-5H3. The quantitative estimate of drug-likeness (QED) is 0.784. The van der Waals surface area contributed by atoms with E-state index in [2.05, 4.69) is 45.1 Å². The Morgan fingerprint density at radius 1 is 1.30 bits per heavy atom. The number of hydrogen-bond donors (Lipinski definition) is 0. The molecule has 0 aromatic rings. The number of likely N-dealkylation sites (N-methyl/N-ethyl adjacent to an activating group) is 1. The first-order chi connectivity index (χ1) is 9.35. The van der Waals surface area contributed by atoms with Gasteiger partial charge in [0.05, 0.1) is 6.54 Å². The van der Waals surface area contributed by atoms with Gasteiger partial charge in [0.25, 0.3) is 0 Å². The lowest BCUT2D eigenvalue weighted by Crippen LogP contribution is -2.26. The Morgan fingerprint density at radius 2 is 2.00 bits per heavy atom. The molecule has 0 N–H and O–H groups in total. The van der Waals surface area contributed by atoms with Crippen molar-refractivity contribution < 1.29 is 4.79 Å². The molecular formula is C18H23NO. The van der Waals surface area contributed by atoms with Gasteiger partial charge in [0.15, 0.2) is 5.78 Å².